The van der Waals surface area contributed by atoms with Crippen molar-refractivity contribution in [2.24, 2.45) is 0 Å². The summed E-state index contributed by atoms with van der Waals surface area (Å²) < 4.78 is 0. The lowest BCUT2D eigenvalue weighted by Crippen LogP contribution is -2.30. The van der Waals surface area contributed by atoms with Gasteiger partial charge in [0, 0.05) is 12.5 Å². The second-order valence-corrected chi connectivity index (χ2v) is 4.62. The number of nitrogens with one attached hydrogen (secondary N) is 2. The SMILES string of the molecule is CCNC(C)CC(=O)Nc1ccc(C(=O)O)cc1Cl. The predicted molar refractivity (Wildman–Crippen MR) is 74.8 cm³/mol. The van der Waals surface area contributed by atoms with Gasteiger partial charge in [0.15, 0.2) is 0 Å². The largest absolute Gasteiger partial charge is 0.478 e. The van der Waals surface area contributed by atoms with Gasteiger partial charge in [0.1, 0.15) is 0 Å². The first-order valence-electron chi connectivity index (χ1n) is 6.00. The standard InChI is InChI=1S/C13H17ClN2O3/c1-3-15-8(2)6-12(17)16-11-5-4-9(13(18)19)7-10(11)14/h4-5,7-8,15H,3,6H2,1-2H3,(H,16,17)(H,18,19). The lowest BCUT2D eigenvalue weighted by Gasteiger charge is -2.13. The summed E-state index contributed by atoms with van der Waals surface area (Å²) in [6, 6.07) is 4.27. The average Bonchev–Trinajstić information content (AvgIpc) is 2.31. The van der Waals surface area contributed by atoms with E-state index in [9.17, 15) is 9.59 Å². The lowest BCUT2D eigenvalue weighted by molar-refractivity contribution is -0.116. The van der Waals surface area contributed by atoms with Gasteiger partial charge in [-0.1, -0.05) is 18.5 Å². The second-order valence-electron chi connectivity index (χ2n) is 4.21. The summed E-state index contributed by atoms with van der Waals surface area (Å²) >= 11 is 5.92. The van der Waals surface area contributed by atoms with Crippen LogP contribution in [0.3, 0.4) is 0 Å². The average molecular weight is 285 g/mol. The number of anilines is 1. The van der Waals surface area contributed by atoms with E-state index in [1.807, 2.05) is 13.8 Å². The van der Waals surface area contributed by atoms with Crippen molar-refractivity contribution >= 4 is 29.2 Å². The molecule has 1 amide bonds. The van der Waals surface area contributed by atoms with Crippen LogP contribution in [0.2, 0.25) is 5.02 Å². The Morgan fingerprint density at radius 2 is 2.11 bits per heavy atom. The van der Waals surface area contributed by atoms with Crippen molar-refractivity contribution in [1.29, 1.82) is 0 Å². The van der Waals surface area contributed by atoms with E-state index < -0.39 is 5.97 Å². The molecule has 3 N–H and O–H groups in total. The van der Waals surface area contributed by atoms with E-state index in [4.69, 9.17) is 16.7 Å². The van der Waals surface area contributed by atoms with Crippen molar-refractivity contribution < 1.29 is 14.7 Å². The molecule has 0 aromatic heterocycles. The minimum Gasteiger partial charge on any atom is -0.478 e. The molecule has 0 aliphatic carbocycles. The molecular weight excluding hydrogens is 268 g/mol. The summed E-state index contributed by atoms with van der Waals surface area (Å²) in [6.45, 7) is 4.68. The Balaban J connectivity index is 2.67. The van der Waals surface area contributed by atoms with Gasteiger partial charge in [-0.15, -0.1) is 0 Å². The number of halogens is 1. The van der Waals surface area contributed by atoms with Crippen LogP contribution in [-0.2, 0) is 4.79 Å². The predicted octanol–water partition coefficient (Wildman–Crippen LogP) is 2.36. The van der Waals surface area contributed by atoms with E-state index in [1.54, 1.807) is 0 Å². The Hall–Kier alpha value is -1.59. The molecule has 0 heterocycles. The van der Waals surface area contributed by atoms with Crippen LogP contribution in [0.5, 0.6) is 0 Å². The van der Waals surface area contributed by atoms with Crippen molar-refractivity contribution in [1.82, 2.24) is 5.32 Å². The summed E-state index contributed by atoms with van der Waals surface area (Å²) in [7, 11) is 0. The molecule has 0 aliphatic rings. The summed E-state index contributed by atoms with van der Waals surface area (Å²) in [5, 5.41) is 14.8. The molecule has 0 spiro atoms. The van der Waals surface area contributed by atoms with Gasteiger partial charge in [-0.25, -0.2) is 4.79 Å². The molecule has 0 saturated heterocycles. The van der Waals surface area contributed by atoms with Crippen molar-refractivity contribution in [3.8, 4) is 0 Å². The molecule has 1 aromatic rings. The Morgan fingerprint density at radius 3 is 2.63 bits per heavy atom. The highest BCUT2D eigenvalue weighted by atomic mass is 35.5. The van der Waals surface area contributed by atoms with Crippen LogP contribution in [0.25, 0.3) is 0 Å². The first-order valence-corrected chi connectivity index (χ1v) is 6.38. The van der Waals surface area contributed by atoms with Gasteiger partial charge in [0.05, 0.1) is 16.3 Å². The monoisotopic (exact) mass is 284 g/mol. The number of carboxylic acids is 1. The molecule has 0 bridgehead atoms. The summed E-state index contributed by atoms with van der Waals surface area (Å²) in [4.78, 5) is 22.5. The second kappa shape index (κ2) is 7.11. The normalized spacial score (nSPS) is 11.9. The molecule has 1 atom stereocenters. The zero-order valence-corrected chi connectivity index (χ0v) is 11.6. The van der Waals surface area contributed by atoms with E-state index in [1.165, 1.54) is 18.2 Å². The molecule has 0 radical (unpaired) electrons. The number of carboxylic acid groups (broad SMARTS) is 1. The minimum atomic E-state index is -1.06. The highest BCUT2D eigenvalue weighted by molar-refractivity contribution is 6.34. The van der Waals surface area contributed by atoms with Crippen LogP contribution in [0.1, 0.15) is 30.6 Å². The molecule has 0 saturated carbocycles. The quantitative estimate of drug-likeness (QED) is 0.749. The Labute approximate surface area is 117 Å². The van der Waals surface area contributed by atoms with Crippen LogP contribution in [0.15, 0.2) is 18.2 Å². The molecule has 0 aliphatic heterocycles. The van der Waals surface area contributed by atoms with Crippen LogP contribution < -0.4 is 10.6 Å². The van der Waals surface area contributed by atoms with E-state index in [0.717, 1.165) is 6.54 Å². The number of hydrogen-bond donors (Lipinski definition) is 3. The number of hydrogen-bond acceptors (Lipinski definition) is 3. The smallest absolute Gasteiger partial charge is 0.335 e. The van der Waals surface area contributed by atoms with Crippen LogP contribution in [-0.4, -0.2) is 29.6 Å². The topological polar surface area (TPSA) is 78.4 Å². The number of amides is 1. The fourth-order valence-electron chi connectivity index (χ4n) is 1.65. The van der Waals surface area contributed by atoms with Gasteiger partial charge in [-0.2, -0.15) is 0 Å². The molecule has 1 unspecified atom stereocenters. The van der Waals surface area contributed by atoms with Crippen molar-refractivity contribution in [2.75, 3.05) is 11.9 Å². The summed E-state index contributed by atoms with van der Waals surface area (Å²) in [5.74, 6) is -1.22. The number of rotatable bonds is 6. The van der Waals surface area contributed by atoms with Crippen molar-refractivity contribution in [2.45, 2.75) is 26.3 Å². The van der Waals surface area contributed by atoms with E-state index >= 15 is 0 Å². The summed E-state index contributed by atoms with van der Waals surface area (Å²) in [5.41, 5.74) is 0.504. The number of benzene rings is 1. The first-order chi connectivity index (χ1) is 8.93. The minimum absolute atomic E-state index is 0.0714. The Kier molecular flexibility index (Phi) is 5.79. The van der Waals surface area contributed by atoms with E-state index in [2.05, 4.69) is 10.6 Å². The van der Waals surface area contributed by atoms with Crippen molar-refractivity contribution in [3.05, 3.63) is 28.8 Å². The molecule has 0 fully saturated rings. The number of carbonyl (C=O) groups is 2. The van der Waals surface area contributed by atoms with E-state index in [-0.39, 0.29) is 22.5 Å². The van der Waals surface area contributed by atoms with Crippen LogP contribution >= 0.6 is 11.6 Å². The fraction of sp³-hybridized carbons (Fsp3) is 0.385. The highest BCUT2D eigenvalue weighted by Crippen LogP contribution is 2.23. The first kappa shape index (κ1) is 15.5. The third-order valence-electron chi connectivity index (χ3n) is 2.53. The zero-order chi connectivity index (χ0) is 14.4. The van der Waals surface area contributed by atoms with Crippen LogP contribution in [0.4, 0.5) is 5.69 Å². The van der Waals surface area contributed by atoms with E-state index in [0.29, 0.717) is 12.1 Å². The third kappa shape index (κ3) is 4.89. The molecule has 104 valence electrons. The summed E-state index contributed by atoms with van der Waals surface area (Å²) in [6.07, 6.45) is 0.324. The molecule has 1 rings (SSSR count). The number of carbonyl (C=O) groups excluding carboxylic acids is 1. The van der Waals surface area contributed by atoms with Gasteiger partial charge in [0.25, 0.3) is 0 Å². The molecular formula is C13H17ClN2O3. The highest BCUT2D eigenvalue weighted by Gasteiger charge is 2.11. The Bertz CT molecular complexity index is 477. The third-order valence-corrected chi connectivity index (χ3v) is 2.85. The van der Waals surface area contributed by atoms with Crippen LogP contribution in [0, 0.1) is 0 Å². The fourth-order valence-corrected chi connectivity index (χ4v) is 1.88. The molecule has 19 heavy (non-hydrogen) atoms. The number of aromatic carboxylic acids is 1. The van der Waals surface area contributed by atoms with Gasteiger partial charge in [0.2, 0.25) is 5.91 Å². The molecule has 1 aromatic carbocycles. The lowest BCUT2D eigenvalue weighted by atomic mass is 10.2. The van der Waals surface area contributed by atoms with Gasteiger partial charge in [-0.05, 0) is 31.7 Å². The maximum Gasteiger partial charge on any atom is 0.335 e. The maximum atomic E-state index is 11.7. The zero-order valence-electron chi connectivity index (χ0n) is 10.9. The van der Waals surface area contributed by atoms with Gasteiger partial charge < -0.3 is 15.7 Å². The van der Waals surface area contributed by atoms with Gasteiger partial charge in [-0.3, -0.25) is 4.79 Å². The maximum absolute atomic E-state index is 11.7. The Morgan fingerprint density at radius 1 is 1.42 bits per heavy atom. The van der Waals surface area contributed by atoms with Gasteiger partial charge >= 0.3 is 5.97 Å². The molecule has 6 heteroatoms. The van der Waals surface area contributed by atoms with Crippen molar-refractivity contribution in [3.63, 3.8) is 0 Å². The molecule has 5 nitrogen and oxygen atoms in total.